The summed E-state index contributed by atoms with van der Waals surface area (Å²) in [5.41, 5.74) is 5.47. The molecule has 0 aliphatic rings. The molecule has 0 saturated heterocycles. The maximum absolute atomic E-state index is 11.1. The zero-order chi connectivity index (χ0) is 25.0. The molecule has 4 aromatic carbocycles. The van der Waals surface area contributed by atoms with Crippen LogP contribution in [0.3, 0.4) is 0 Å². The van der Waals surface area contributed by atoms with Crippen LogP contribution in [0.15, 0.2) is 60.7 Å². The van der Waals surface area contributed by atoms with Gasteiger partial charge in [-0.15, -0.1) is 0 Å². The lowest BCUT2D eigenvalue weighted by Crippen LogP contribution is -2.17. The number of hydrogen-bond acceptors (Lipinski definition) is 2. The van der Waals surface area contributed by atoms with Gasteiger partial charge in [0.25, 0.3) is 0 Å². The summed E-state index contributed by atoms with van der Waals surface area (Å²) >= 11 is 7.05. The van der Waals surface area contributed by atoms with Crippen molar-refractivity contribution in [3.8, 4) is 33.8 Å². The van der Waals surface area contributed by atoms with Crippen molar-refractivity contribution in [3.63, 3.8) is 0 Å². The van der Waals surface area contributed by atoms with Crippen molar-refractivity contribution < 1.29 is 10.2 Å². The fraction of sp³-hybridized carbons (Fsp3) is 0.290. The second-order valence-corrected chi connectivity index (χ2v) is 11.6. The largest absolute Gasteiger partial charge is 0.507 e. The molecule has 0 radical (unpaired) electrons. The minimum Gasteiger partial charge on any atom is -0.507 e. The van der Waals surface area contributed by atoms with Gasteiger partial charge in [0.15, 0.2) is 0 Å². The molecule has 2 N–H and O–H groups in total. The van der Waals surface area contributed by atoms with E-state index in [1.54, 1.807) is 0 Å². The first-order chi connectivity index (χ1) is 15.8. The van der Waals surface area contributed by atoms with Crippen LogP contribution in [0.1, 0.15) is 58.2 Å². The first kappa shape index (κ1) is 24.2. The van der Waals surface area contributed by atoms with E-state index in [0.29, 0.717) is 16.3 Å². The third-order valence-corrected chi connectivity index (χ3v) is 7.01. The van der Waals surface area contributed by atoms with Gasteiger partial charge >= 0.3 is 0 Å². The van der Waals surface area contributed by atoms with E-state index in [9.17, 15) is 10.2 Å². The maximum Gasteiger partial charge on any atom is 0.126 e. The summed E-state index contributed by atoms with van der Waals surface area (Å²) in [4.78, 5) is 0. The van der Waals surface area contributed by atoms with Crippen molar-refractivity contribution in [2.45, 2.75) is 59.3 Å². The SMILES string of the molecule is Cc1c(O)c(-c2cccc(-c3cc(C(C)(C)C)c(O)c(C(C)(C)C)c3)c2Cl)cc2ccccc12. The maximum atomic E-state index is 11.1. The van der Waals surface area contributed by atoms with E-state index in [2.05, 4.69) is 41.5 Å². The van der Waals surface area contributed by atoms with Gasteiger partial charge in [-0.05, 0) is 57.9 Å². The zero-order valence-electron chi connectivity index (χ0n) is 21.0. The van der Waals surface area contributed by atoms with Crippen molar-refractivity contribution in [2.75, 3.05) is 0 Å². The number of hydrogen-bond donors (Lipinski definition) is 2. The van der Waals surface area contributed by atoms with E-state index in [4.69, 9.17) is 11.6 Å². The monoisotopic (exact) mass is 472 g/mol. The summed E-state index contributed by atoms with van der Waals surface area (Å²) in [5.74, 6) is 0.591. The van der Waals surface area contributed by atoms with Gasteiger partial charge in [0.1, 0.15) is 11.5 Å². The van der Waals surface area contributed by atoms with Gasteiger partial charge in [0.2, 0.25) is 0 Å². The fourth-order valence-corrected chi connectivity index (χ4v) is 4.96. The molecule has 0 spiro atoms. The van der Waals surface area contributed by atoms with E-state index in [1.165, 1.54) is 0 Å². The molecule has 0 bridgehead atoms. The van der Waals surface area contributed by atoms with Gasteiger partial charge < -0.3 is 10.2 Å². The molecule has 0 heterocycles. The third-order valence-electron chi connectivity index (χ3n) is 6.60. The molecule has 3 heteroatoms. The fourth-order valence-electron chi connectivity index (χ4n) is 4.62. The number of fused-ring (bicyclic) bond motifs is 1. The smallest absolute Gasteiger partial charge is 0.126 e. The number of phenolic OH excluding ortho intramolecular Hbond substituents is 2. The van der Waals surface area contributed by atoms with Crippen molar-refractivity contribution in [2.24, 2.45) is 0 Å². The van der Waals surface area contributed by atoms with Gasteiger partial charge in [-0.25, -0.2) is 0 Å². The number of benzene rings is 4. The lowest BCUT2D eigenvalue weighted by atomic mass is 9.77. The van der Waals surface area contributed by atoms with Crippen LogP contribution < -0.4 is 0 Å². The zero-order valence-corrected chi connectivity index (χ0v) is 21.8. The highest BCUT2D eigenvalue weighted by atomic mass is 35.5. The Balaban J connectivity index is 1.99. The van der Waals surface area contributed by atoms with Crippen LogP contribution in [0.25, 0.3) is 33.0 Å². The first-order valence-electron chi connectivity index (χ1n) is 11.7. The normalized spacial score (nSPS) is 12.4. The van der Waals surface area contributed by atoms with E-state index in [-0.39, 0.29) is 16.6 Å². The molecule has 0 unspecified atom stereocenters. The van der Waals surface area contributed by atoms with Gasteiger partial charge in [0, 0.05) is 27.8 Å². The van der Waals surface area contributed by atoms with Crippen LogP contribution in [-0.4, -0.2) is 10.2 Å². The molecule has 0 saturated carbocycles. The Hall–Kier alpha value is -2.97. The van der Waals surface area contributed by atoms with Crippen LogP contribution >= 0.6 is 11.6 Å². The van der Waals surface area contributed by atoms with Gasteiger partial charge in [-0.1, -0.05) is 95.6 Å². The molecule has 4 rings (SSSR count). The van der Waals surface area contributed by atoms with Crippen molar-refractivity contribution in [3.05, 3.63) is 82.4 Å². The predicted molar refractivity (Wildman–Crippen MR) is 145 cm³/mol. The van der Waals surface area contributed by atoms with Crippen LogP contribution in [-0.2, 0) is 10.8 Å². The predicted octanol–water partition coefficient (Wildman–Crippen LogP) is 9.14. The second kappa shape index (κ2) is 8.36. The summed E-state index contributed by atoms with van der Waals surface area (Å²) in [5, 5.41) is 24.9. The Bertz CT molecular complexity index is 1370. The van der Waals surface area contributed by atoms with E-state index in [1.807, 2.05) is 67.6 Å². The number of aromatic hydroxyl groups is 2. The summed E-state index contributed by atoms with van der Waals surface area (Å²) in [6.45, 7) is 14.6. The molecule has 34 heavy (non-hydrogen) atoms. The highest BCUT2D eigenvalue weighted by Gasteiger charge is 2.27. The van der Waals surface area contributed by atoms with Crippen molar-refractivity contribution >= 4 is 22.4 Å². The quantitative estimate of drug-likeness (QED) is 0.305. The van der Waals surface area contributed by atoms with Gasteiger partial charge in [-0.2, -0.15) is 0 Å². The Morgan fingerprint density at radius 1 is 0.647 bits per heavy atom. The number of rotatable bonds is 2. The van der Waals surface area contributed by atoms with E-state index in [0.717, 1.165) is 44.2 Å². The van der Waals surface area contributed by atoms with Crippen LogP contribution in [0.4, 0.5) is 0 Å². The van der Waals surface area contributed by atoms with E-state index < -0.39 is 0 Å². The molecule has 0 aliphatic carbocycles. The molecule has 176 valence electrons. The van der Waals surface area contributed by atoms with Gasteiger partial charge in [0.05, 0.1) is 5.02 Å². The van der Waals surface area contributed by atoms with Crippen LogP contribution in [0.5, 0.6) is 11.5 Å². The minimum atomic E-state index is -0.238. The lowest BCUT2D eigenvalue weighted by Gasteiger charge is -2.28. The molecule has 0 atom stereocenters. The van der Waals surface area contributed by atoms with Crippen LogP contribution in [0.2, 0.25) is 5.02 Å². The topological polar surface area (TPSA) is 40.5 Å². The highest BCUT2D eigenvalue weighted by Crippen LogP contribution is 2.46. The number of halogens is 1. The third kappa shape index (κ3) is 4.16. The van der Waals surface area contributed by atoms with E-state index >= 15 is 0 Å². The summed E-state index contributed by atoms with van der Waals surface area (Å²) in [6.07, 6.45) is 0. The molecular weight excluding hydrogens is 440 g/mol. The summed E-state index contributed by atoms with van der Waals surface area (Å²) < 4.78 is 0. The molecule has 0 aliphatic heterocycles. The van der Waals surface area contributed by atoms with Crippen molar-refractivity contribution in [1.29, 1.82) is 0 Å². The molecular formula is C31H33ClO2. The summed E-state index contributed by atoms with van der Waals surface area (Å²) in [7, 11) is 0. The molecule has 0 amide bonds. The van der Waals surface area contributed by atoms with Gasteiger partial charge in [-0.3, -0.25) is 0 Å². The molecule has 0 fully saturated rings. The standard InChI is InChI=1S/C31H33ClO2/c1-18-21-12-9-8-11-19(21)15-24(28(18)33)23-14-10-13-22(27(23)32)20-16-25(30(2,3)4)29(34)26(17-20)31(5,6)7/h8-17,33-34H,1-7H3. The average molecular weight is 473 g/mol. The first-order valence-corrected chi connectivity index (χ1v) is 12.1. The number of phenols is 2. The Kier molecular flexibility index (Phi) is 5.94. The molecule has 2 nitrogen and oxygen atoms in total. The van der Waals surface area contributed by atoms with Crippen LogP contribution in [0, 0.1) is 6.92 Å². The average Bonchev–Trinajstić information content (AvgIpc) is 2.75. The Morgan fingerprint density at radius 3 is 1.79 bits per heavy atom. The van der Waals surface area contributed by atoms with Crippen molar-refractivity contribution in [1.82, 2.24) is 0 Å². The minimum absolute atomic E-state index is 0.238. The summed E-state index contributed by atoms with van der Waals surface area (Å²) in [6, 6.07) is 20.1. The molecule has 4 aromatic rings. The second-order valence-electron chi connectivity index (χ2n) is 11.2. The number of aryl methyl sites for hydroxylation is 1. The molecule has 0 aromatic heterocycles. The Labute approximate surface area is 207 Å². The highest BCUT2D eigenvalue weighted by molar-refractivity contribution is 6.36. The lowest BCUT2D eigenvalue weighted by molar-refractivity contribution is 0.423. The Morgan fingerprint density at radius 2 is 1.21 bits per heavy atom.